The molecule has 4 heteroatoms. The molecule has 0 radical (unpaired) electrons. The van der Waals surface area contributed by atoms with Gasteiger partial charge in [-0.25, -0.2) is 4.79 Å². The molecule has 1 aromatic heterocycles. The van der Waals surface area contributed by atoms with Crippen LogP contribution in [0.1, 0.15) is 18.2 Å². The van der Waals surface area contributed by atoms with E-state index in [1.54, 1.807) is 0 Å². The summed E-state index contributed by atoms with van der Waals surface area (Å²) in [7, 11) is 0. The van der Waals surface area contributed by atoms with Crippen molar-refractivity contribution in [3.63, 3.8) is 0 Å². The molecule has 2 aromatic carbocycles. The lowest BCUT2D eigenvalue weighted by atomic mass is 10.1. The second-order valence-corrected chi connectivity index (χ2v) is 4.99. The van der Waals surface area contributed by atoms with Gasteiger partial charge in [0.2, 0.25) is 0 Å². The quantitative estimate of drug-likeness (QED) is 0.771. The number of hydrogen-bond acceptors (Lipinski definition) is 2. The summed E-state index contributed by atoms with van der Waals surface area (Å²) in [6.07, 6.45) is 0.983. The fourth-order valence-corrected chi connectivity index (χ4v) is 2.38. The van der Waals surface area contributed by atoms with Crippen LogP contribution < -0.4 is 5.32 Å². The average Bonchev–Trinajstić information content (AvgIpc) is 2.86. The Labute approximate surface area is 123 Å². The van der Waals surface area contributed by atoms with E-state index in [0.29, 0.717) is 0 Å². The van der Waals surface area contributed by atoms with E-state index in [1.807, 2.05) is 55.5 Å². The Morgan fingerprint density at radius 1 is 1.14 bits per heavy atom. The molecule has 1 amide bonds. The molecule has 0 aliphatic rings. The van der Waals surface area contributed by atoms with Crippen LogP contribution in [0.5, 0.6) is 0 Å². The van der Waals surface area contributed by atoms with Crippen LogP contribution in [0.15, 0.2) is 48.5 Å². The number of aromatic nitrogens is 2. The number of carbonyl (C=O) groups is 1. The zero-order chi connectivity index (χ0) is 14.8. The third kappa shape index (κ3) is 2.52. The van der Waals surface area contributed by atoms with Crippen LogP contribution in [-0.2, 0) is 6.42 Å². The van der Waals surface area contributed by atoms with E-state index >= 15 is 0 Å². The second-order valence-electron chi connectivity index (χ2n) is 4.99. The number of hydrogen-bond donors (Lipinski definition) is 1. The number of carbonyl (C=O) groups excluding carboxylic acids is 1. The van der Waals surface area contributed by atoms with Gasteiger partial charge < -0.3 is 5.32 Å². The highest BCUT2D eigenvalue weighted by molar-refractivity contribution is 5.97. The van der Waals surface area contributed by atoms with Gasteiger partial charge in [-0.3, -0.25) is 0 Å². The summed E-state index contributed by atoms with van der Waals surface area (Å²) < 4.78 is 1.42. The number of anilines is 1. The Kier molecular flexibility index (Phi) is 3.44. The molecule has 0 bridgehead atoms. The third-order valence-electron chi connectivity index (χ3n) is 3.58. The molecule has 0 atom stereocenters. The number of fused-ring (bicyclic) bond motifs is 1. The van der Waals surface area contributed by atoms with Crippen LogP contribution >= 0.6 is 0 Å². The van der Waals surface area contributed by atoms with Gasteiger partial charge in [0.25, 0.3) is 0 Å². The standard InChI is InChI=1S/C17H17N3O/c1-3-13-8-10-14(11-9-13)18-17(21)20-16-7-5-4-6-15(16)12(2)19-20/h4-11H,3H2,1-2H3,(H,18,21). The van der Waals surface area contributed by atoms with Gasteiger partial charge in [-0.05, 0) is 37.1 Å². The van der Waals surface area contributed by atoms with Crippen LogP contribution in [0.25, 0.3) is 10.9 Å². The van der Waals surface area contributed by atoms with E-state index in [9.17, 15) is 4.79 Å². The normalized spacial score (nSPS) is 10.8. The van der Waals surface area contributed by atoms with Gasteiger partial charge in [0.1, 0.15) is 0 Å². The Hall–Kier alpha value is -2.62. The number of rotatable bonds is 2. The highest BCUT2D eigenvalue weighted by Gasteiger charge is 2.12. The molecule has 3 rings (SSSR count). The van der Waals surface area contributed by atoms with Crippen molar-refractivity contribution in [2.75, 3.05) is 5.32 Å². The summed E-state index contributed by atoms with van der Waals surface area (Å²) in [5, 5.41) is 8.20. The maximum Gasteiger partial charge on any atom is 0.347 e. The maximum atomic E-state index is 12.4. The molecular formula is C17H17N3O. The minimum absolute atomic E-state index is 0.247. The average molecular weight is 279 g/mol. The first-order valence-electron chi connectivity index (χ1n) is 7.03. The molecule has 21 heavy (non-hydrogen) atoms. The highest BCUT2D eigenvalue weighted by Crippen LogP contribution is 2.18. The monoisotopic (exact) mass is 279 g/mol. The first-order valence-corrected chi connectivity index (χ1v) is 7.03. The van der Waals surface area contributed by atoms with Gasteiger partial charge in [-0.15, -0.1) is 0 Å². The molecule has 0 spiro atoms. The van der Waals surface area contributed by atoms with Crippen molar-refractivity contribution in [2.24, 2.45) is 0 Å². The van der Waals surface area contributed by atoms with Crippen molar-refractivity contribution in [1.29, 1.82) is 0 Å². The number of nitrogens with one attached hydrogen (secondary N) is 1. The smallest absolute Gasteiger partial charge is 0.306 e. The van der Waals surface area contributed by atoms with Crippen molar-refractivity contribution in [3.8, 4) is 0 Å². The van der Waals surface area contributed by atoms with E-state index < -0.39 is 0 Å². The third-order valence-corrected chi connectivity index (χ3v) is 3.58. The minimum atomic E-state index is -0.247. The van der Waals surface area contributed by atoms with Crippen molar-refractivity contribution in [1.82, 2.24) is 9.78 Å². The largest absolute Gasteiger partial charge is 0.347 e. The van der Waals surface area contributed by atoms with E-state index in [-0.39, 0.29) is 6.03 Å². The van der Waals surface area contributed by atoms with Crippen molar-refractivity contribution in [3.05, 3.63) is 59.8 Å². The van der Waals surface area contributed by atoms with Gasteiger partial charge in [-0.1, -0.05) is 37.3 Å². The topological polar surface area (TPSA) is 46.9 Å². The first-order chi connectivity index (χ1) is 10.2. The summed E-state index contributed by atoms with van der Waals surface area (Å²) >= 11 is 0. The van der Waals surface area contributed by atoms with E-state index in [4.69, 9.17) is 0 Å². The van der Waals surface area contributed by atoms with E-state index in [0.717, 1.165) is 28.7 Å². The number of benzene rings is 2. The molecule has 0 aliphatic heterocycles. The van der Waals surface area contributed by atoms with Crippen LogP contribution in [0.4, 0.5) is 10.5 Å². The summed E-state index contributed by atoms with van der Waals surface area (Å²) in [4.78, 5) is 12.4. The van der Waals surface area contributed by atoms with Gasteiger partial charge in [0, 0.05) is 11.1 Å². The molecule has 3 aromatic rings. The predicted octanol–water partition coefficient (Wildman–Crippen LogP) is 3.99. The Bertz CT molecular complexity index is 787. The lowest BCUT2D eigenvalue weighted by molar-refractivity contribution is 0.251. The van der Waals surface area contributed by atoms with Crippen LogP contribution in [0, 0.1) is 6.92 Å². The second kappa shape index (κ2) is 5.40. The fourth-order valence-electron chi connectivity index (χ4n) is 2.38. The molecule has 0 saturated carbocycles. The molecular weight excluding hydrogens is 262 g/mol. The summed E-state index contributed by atoms with van der Waals surface area (Å²) in [5.41, 5.74) is 3.68. The van der Waals surface area contributed by atoms with Gasteiger partial charge >= 0.3 is 6.03 Å². The SMILES string of the molecule is CCc1ccc(NC(=O)n2nc(C)c3ccccc32)cc1. The molecule has 106 valence electrons. The molecule has 0 aliphatic carbocycles. The molecule has 4 nitrogen and oxygen atoms in total. The lowest BCUT2D eigenvalue weighted by Crippen LogP contribution is -2.20. The van der Waals surface area contributed by atoms with Crippen molar-refractivity contribution >= 4 is 22.6 Å². The number of aryl methyl sites for hydroxylation is 2. The first kappa shape index (κ1) is 13.4. The van der Waals surface area contributed by atoms with E-state index in [2.05, 4.69) is 17.3 Å². The molecule has 1 N–H and O–H groups in total. The predicted molar refractivity (Wildman–Crippen MR) is 84.7 cm³/mol. The molecule has 0 fully saturated rings. The van der Waals surface area contributed by atoms with Crippen molar-refractivity contribution < 1.29 is 4.79 Å². The summed E-state index contributed by atoms with van der Waals surface area (Å²) in [6.45, 7) is 4.01. The lowest BCUT2D eigenvalue weighted by Gasteiger charge is -2.06. The van der Waals surface area contributed by atoms with Crippen molar-refractivity contribution in [2.45, 2.75) is 20.3 Å². The number of amides is 1. The fraction of sp³-hybridized carbons (Fsp3) is 0.176. The minimum Gasteiger partial charge on any atom is -0.306 e. The molecule has 1 heterocycles. The highest BCUT2D eigenvalue weighted by atomic mass is 16.2. The van der Waals surface area contributed by atoms with Gasteiger partial charge in [0.15, 0.2) is 0 Å². The molecule has 0 unspecified atom stereocenters. The van der Waals surface area contributed by atoms with Gasteiger partial charge in [0.05, 0.1) is 11.2 Å². The van der Waals surface area contributed by atoms with Crippen LogP contribution in [0.3, 0.4) is 0 Å². The number of para-hydroxylation sites is 1. The maximum absolute atomic E-state index is 12.4. The van der Waals surface area contributed by atoms with Gasteiger partial charge in [-0.2, -0.15) is 9.78 Å². The summed E-state index contributed by atoms with van der Waals surface area (Å²) in [6, 6.07) is 15.3. The molecule has 0 saturated heterocycles. The van der Waals surface area contributed by atoms with E-state index in [1.165, 1.54) is 10.2 Å². The Morgan fingerprint density at radius 3 is 2.57 bits per heavy atom. The summed E-state index contributed by atoms with van der Waals surface area (Å²) in [5.74, 6) is 0. The Morgan fingerprint density at radius 2 is 1.86 bits per heavy atom. The zero-order valence-electron chi connectivity index (χ0n) is 12.1. The van der Waals surface area contributed by atoms with Crippen LogP contribution in [0.2, 0.25) is 0 Å². The Balaban J connectivity index is 1.90. The zero-order valence-corrected chi connectivity index (χ0v) is 12.1. The van der Waals surface area contributed by atoms with Crippen LogP contribution in [-0.4, -0.2) is 15.8 Å². The number of nitrogens with zero attached hydrogens (tertiary/aromatic N) is 2.